The molecule has 0 spiro atoms. The monoisotopic (exact) mass is 205 g/mol. The molecule has 1 aliphatic rings. The number of nitrogens with zero attached hydrogens (tertiary/aromatic N) is 1. The molecule has 0 aliphatic carbocycles. The van der Waals surface area contributed by atoms with Crippen LogP contribution in [0, 0.1) is 20.8 Å². The zero-order valence-electron chi connectivity index (χ0n) is 8.87. The van der Waals surface area contributed by atoms with Crippen LogP contribution in [-0.2, 0) is 0 Å². The topological polar surface area (TPSA) is 3.24 Å². The van der Waals surface area contributed by atoms with Crippen molar-refractivity contribution >= 4 is 17.4 Å². The minimum absolute atomic E-state index is 1.05. The van der Waals surface area contributed by atoms with Gasteiger partial charge in [0.2, 0.25) is 0 Å². The van der Waals surface area contributed by atoms with E-state index in [4.69, 9.17) is 0 Å². The lowest BCUT2D eigenvalue weighted by molar-refractivity contribution is 1.13. The molecule has 1 aromatic carbocycles. The van der Waals surface area contributed by atoms with Crippen molar-refractivity contribution < 1.29 is 0 Å². The van der Waals surface area contributed by atoms with Crippen LogP contribution >= 0.6 is 11.8 Å². The van der Waals surface area contributed by atoms with Gasteiger partial charge in [0.05, 0.1) is 5.88 Å². The minimum atomic E-state index is 1.05. The second-order valence-electron chi connectivity index (χ2n) is 3.80. The van der Waals surface area contributed by atoms with Crippen molar-refractivity contribution in [3.63, 3.8) is 0 Å². The third-order valence-corrected chi connectivity index (χ3v) is 3.21. The minimum Gasteiger partial charge on any atom is -0.337 e. The van der Waals surface area contributed by atoms with Crippen LogP contribution in [0.5, 0.6) is 0 Å². The van der Waals surface area contributed by atoms with Crippen molar-refractivity contribution in [1.29, 1.82) is 0 Å². The summed E-state index contributed by atoms with van der Waals surface area (Å²) >= 11 is 1.84. The van der Waals surface area contributed by atoms with E-state index in [1.807, 2.05) is 11.8 Å². The highest BCUT2D eigenvalue weighted by atomic mass is 32.2. The van der Waals surface area contributed by atoms with Gasteiger partial charge in [0, 0.05) is 11.9 Å². The fourth-order valence-corrected chi connectivity index (χ4v) is 2.74. The molecule has 1 aliphatic heterocycles. The first-order valence-corrected chi connectivity index (χ1v) is 5.86. The van der Waals surface area contributed by atoms with Crippen molar-refractivity contribution in [1.82, 2.24) is 0 Å². The van der Waals surface area contributed by atoms with Gasteiger partial charge in [0.25, 0.3) is 0 Å². The van der Waals surface area contributed by atoms with E-state index in [0.717, 1.165) is 5.88 Å². The third kappa shape index (κ3) is 1.67. The predicted molar refractivity (Wildman–Crippen MR) is 64.7 cm³/mol. The zero-order valence-corrected chi connectivity index (χ0v) is 9.69. The van der Waals surface area contributed by atoms with Crippen LogP contribution in [0.15, 0.2) is 23.7 Å². The van der Waals surface area contributed by atoms with E-state index in [2.05, 4.69) is 49.4 Å². The maximum absolute atomic E-state index is 2.31. The summed E-state index contributed by atoms with van der Waals surface area (Å²) in [7, 11) is 0. The Morgan fingerprint density at radius 1 is 1.14 bits per heavy atom. The van der Waals surface area contributed by atoms with Crippen LogP contribution in [0.2, 0.25) is 0 Å². The molecule has 1 nitrogen and oxygen atoms in total. The van der Waals surface area contributed by atoms with Crippen molar-refractivity contribution in [2.75, 3.05) is 10.8 Å². The van der Waals surface area contributed by atoms with E-state index in [9.17, 15) is 0 Å². The number of thioether (sulfide) groups is 1. The van der Waals surface area contributed by atoms with Gasteiger partial charge in [-0.2, -0.15) is 0 Å². The van der Waals surface area contributed by atoms with Crippen molar-refractivity contribution in [2.45, 2.75) is 20.8 Å². The van der Waals surface area contributed by atoms with Crippen LogP contribution in [0.25, 0.3) is 0 Å². The summed E-state index contributed by atoms with van der Waals surface area (Å²) in [4.78, 5) is 2.31. The predicted octanol–water partition coefficient (Wildman–Crippen LogP) is 3.59. The Balaban J connectivity index is 2.46. The average Bonchev–Trinajstić information content (AvgIpc) is 2.54. The molecule has 0 amide bonds. The number of hydrogen-bond acceptors (Lipinski definition) is 2. The number of aryl methyl sites for hydroxylation is 3. The van der Waals surface area contributed by atoms with Crippen LogP contribution in [0.3, 0.4) is 0 Å². The van der Waals surface area contributed by atoms with E-state index < -0.39 is 0 Å². The standard InChI is InChI=1S/C12H15NS/c1-9-6-10(2)12(11(3)7-9)13-4-5-14-8-13/h4-7H,8H2,1-3H3. The summed E-state index contributed by atoms with van der Waals surface area (Å²) in [5, 5.41) is 2.15. The molecule has 0 atom stereocenters. The van der Waals surface area contributed by atoms with E-state index in [1.54, 1.807) is 0 Å². The van der Waals surface area contributed by atoms with E-state index in [-0.39, 0.29) is 0 Å². The lowest BCUT2D eigenvalue weighted by atomic mass is 10.0. The first-order valence-electron chi connectivity index (χ1n) is 4.81. The molecule has 14 heavy (non-hydrogen) atoms. The molecular weight excluding hydrogens is 190 g/mol. The molecule has 0 fully saturated rings. The number of benzene rings is 1. The summed E-state index contributed by atoms with van der Waals surface area (Å²) in [6, 6.07) is 4.50. The molecule has 1 aromatic rings. The summed E-state index contributed by atoms with van der Waals surface area (Å²) in [5.41, 5.74) is 5.46. The van der Waals surface area contributed by atoms with Crippen molar-refractivity contribution in [3.8, 4) is 0 Å². The molecule has 0 radical (unpaired) electrons. The van der Waals surface area contributed by atoms with Gasteiger partial charge in [-0.15, -0.1) is 11.8 Å². The zero-order chi connectivity index (χ0) is 10.1. The van der Waals surface area contributed by atoms with Crippen LogP contribution < -0.4 is 4.90 Å². The van der Waals surface area contributed by atoms with Gasteiger partial charge >= 0.3 is 0 Å². The summed E-state index contributed by atoms with van der Waals surface area (Å²) < 4.78 is 0. The van der Waals surface area contributed by atoms with E-state index >= 15 is 0 Å². The normalized spacial score (nSPS) is 15.2. The highest BCUT2D eigenvalue weighted by Gasteiger charge is 2.12. The maximum Gasteiger partial charge on any atom is 0.0723 e. The first kappa shape index (κ1) is 9.66. The second kappa shape index (κ2) is 3.70. The van der Waals surface area contributed by atoms with E-state index in [1.165, 1.54) is 22.4 Å². The number of anilines is 1. The highest BCUT2D eigenvalue weighted by molar-refractivity contribution is 8.02. The van der Waals surface area contributed by atoms with Gasteiger partial charge < -0.3 is 4.90 Å². The van der Waals surface area contributed by atoms with Gasteiger partial charge in [0.15, 0.2) is 0 Å². The highest BCUT2D eigenvalue weighted by Crippen LogP contribution is 2.30. The molecule has 0 aromatic heterocycles. The van der Waals surface area contributed by atoms with Crippen LogP contribution in [0.4, 0.5) is 5.69 Å². The van der Waals surface area contributed by atoms with Crippen molar-refractivity contribution in [3.05, 3.63) is 40.4 Å². The smallest absolute Gasteiger partial charge is 0.0723 e. The lowest BCUT2D eigenvalue weighted by Gasteiger charge is -2.20. The molecule has 0 saturated carbocycles. The fraction of sp³-hybridized carbons (Fsp3) is 0.333. The van der Waals surface area contributed by atoms with Gasteiger partial charge in [-0.3, -0.25) is 0 Å². The Labute approximate surface area is 89.8 Å². The molecule has 2 rings (SSSR count). The average molecular weight is 205 g/mol. The Morgan fingerprint density at radius 3 is 2.29 bits per heavy atom. The molecular formula is C12H15NS. The van der Waals surface area contributed by atoms with Crippen LogP contribution in [-0.4, -0.2) is 5.88 Å². The second-order valence-corrected chi connectivity index (χ2v) is 4.66. The largest absolute Gasteiger partial charge is 0.337 e. The first-order chi connectivity index (χ1) is 6.68. The van der Waals surface area contributed by atoms with Gasteiger partial charge in [-0.05, 0) is 37.3 Å². The Bertz CT molecular complexity index is 359. The molecule has 0 N–H and O–H groups in total. The summed E-state index contributed by atoms with van der Waals surface area (Å²) in [6.07, 6.45) is 2.16. The molecule has 0 saturated heterocycles. The SMILES string of the molecule is Cc1cc(C)c(N2C=CSC2)c(C)c1. The van der Waals surface area contributed by atoms with E-state index in [0.29, 0.717) is 0 Å². The lowest BCUT2D eigenvalue weighted by Crippen LogP contribution is -2.13. The number of hydrogen-bond donors (Lipinski definition) is 0. The quantitative estimate of drug-likeness (QED) is 0.689. The van der Waals surface area contributed by atoms with Gasteiger partial charge in [-0.25, -0.2) is 0 Å². The molecule has 1 heterocycles. The summed E-state index contributed by atoms with van der Waals surface area (Å²) in [5.74, 6) is 1.05. The van der Waals surface area contributed by atoms with Crippen molar-refractivity contribution in [2.24, 2.45) is 0 Å². The Kier molecular flexibility index (Phi) is 2.55. The number of rotatable bonds is 1. The molecule has 0 bridgehead atoms. The summed E-state index contributed by atoms with van der Waals surface area (Å²) in [6.45, 7) is 6.52. The maximum atomic E-state index is 2.31. The van der Waals surface area contributed by atoms with Crippen LogP contribution in [0.1, 0.15) is 16.7 Å². The molecule has 0 unspecified atom stereocenters. The molecule has 2 heteroatoms. The third-order valence-electron chi connectivity index (χ3n) is 2.47. The van der Waals surface area contributed by atoms with Gasteiger partial charge in [0.1, 0.15) is 0 Å². The van der Waals surface area contributed by atoms with Gasteiger partial charge in [-0.1, -0.05) is 17.7 Å². The Hall–Kier alpha value is -0.890. The molecule has 74 valence electrons. The fourth-order valence-electron chi connectivity index (χ4n) is 2.05. The Morgan fingerprint density at radius 2 is 1.79 bits per heavy atom.